The maximum atomic E-state index is 12.1. The van der Waals surface area contributed by atoms with Crippen LogP contribution in [-0.4, -0.2) is 29.8 Å². The summed E-state index contributed by atoms with van der Waals surface area (Å²) in [6.07, 6.45) is 4.27. The summed E-state index contributed by atoms with van der Waals surface area (Å²) in [5.41, 5.74) is 5.19. The SMILES string of the molecule is CCc1ncn2c3c(C(C)=O)cc(C)cc3c3nncn3c12. The molecule has 0 fully saturated rings. The average molecular weight is 293 g/mol. The molecule has 0 bridgehead atoms. The van der Waals surface area contributed by atoms with Gasteiger partial charge < -0.3 is 0 Å². The number of carbonyl (C=O) groups excluding carboxylic acids is 1. The van der Waals surface area contributed by atoms with Gasteiger partial charge in [0.1, 0.15) is 18.3 Å². The number of hydrogen-bond donors (Lipinski definition) is 0. The van der Waals surface area contributed by atoms with Gasteiger partial charge in [0, 0.05) is 10.9 Å². The lowest BCUT2D eigenvalue weighted by Gasteiger charge is -2.11. The normalized spacial score (nSPS) is 11.8. The number of ketones is 1. The number of fused-ring (bicyclic) bond motifs is 6. The van der Waals surface area contributed by atoms with E-state index in [0.717, 1.165) is 39.9 Å². The van der Waals surface area contributed by atoms with E-state index in [-0.39, 0.29) is 5.78 Å². The fourth-order valence-corrected chi connectivity index (χ4v) is 3.10. The van der Waals surface area contributed by atoms with E-state index in [2.05, 4.69) is 22.1 Å². The van der Waals surface area contributed by atoms with Gasteiger partial charge >= 0.3 is 0 Å². The van der Waals surface area contributed by atoms with Crippen molar-refractivity contribution in [2.24, 2.45) is 0 Å². The standard InChI is InChI=1S/C16H15N5O/c1-4-13-16-20(7-17-13)14-11(10(3)22)5-9(2)6-12(14)15-19-18-8-21(15)16/h5-8H,4H2,1-3H3. The molecule has 6 heteroatoms. The molecular formula is C16H15N5O. The number of nitrogens with zero attached hydrogens (tertiary/aromatic N) is 5. The highest BCUT2D eigenvalue weighted by atomic mass is 16.1. The van der Waals surface area contributed by atoms with Crippen LogP contribution >= 0.6 is 0 Å². The minimum absolute atomic E-state index is 0.0330. The predicted octanol–water partition coefficient (Wildman–Crippen LogP) is 2.60. The molecule has 0 aliphatic rings. The van der Waals surface area contributed by atoms with Crippen molar-refractivity contribution >= 4 is 28.0 Å². The minimum atomic E-state index is 0.0330. The number of aromatic nitrogens is 5. The molecule has 1 aromatic carbocycles. The first-order valence-corrected chi connectivity index (χ1v) is 7.24. The molecule has 6 nitrogen and oxygen atoms in total. The van der Waals surface area contributed by atoms with Crippen LogP contribution in [0.15, 0.2) is 24.8 Å². The van der Waals surface area contributed by atoms with Crippen LogP contribution in [0.2, 0.25) is 0 Å². The first kappa shape index (κ1) is 12.9. The van der Waals surface area contributed by atoms with E-state index in [1.165, 1.54) is 0 Å². The molecule has 0 unspecified atom stereocenters. The molecule has 22 heavy (non-hydrogen) atoms. The Balaban J connectivity index is 2.39. The number of imidazole rings is 1. The molecule has 3 heterocycles. The smallest absolute Gasteiger partial charge is 0.171 e. The van der Waals surface area contributed by atoms with E-state index >= 15 is 0 Å². The summed E-state index contributed by atoms with van der Waals surface area (Å²) in [7, 11) is 0. The van der Waals surface area contributed by atoms with Crippen LogP contribution in [0.25, 0.3) is 22.2 Å². The third-order valence-corrected chi connectivity index (χ3v) is 4.04. The summed E-state index contributed by atoms with van der Waals surface area (Å²) in [5, 5.41) is 9.21. The number of benzene rings is 1. The summed E-state index contributed by atoms with van der Waals surface area (Å²) >= 11 is 0. The minimum Gasteiger partial charge on any atom is -0.294 e. The van der Waals surface area contributed by atoms with Crippen LogP contribution in [0.1, 0.15) is 35.5 Å². The predicted molar refractivity (Wildman–Crippen MR) is 83.4 cm³/mol. The molecule has 0 saturated carbocycles. The summed E-state index contributed by atoms with van der Waals surface area (Å²) in [6.45, 7) is 5.63. The molecule has 4 rings (SSSR count). The molecule has 0 aliphatic carbocycles. The van der Waals surface area contributed by atoms with Gasteiger partial charge in [0.15, 0.2) is 11.4 Å². The highest BCUT2D eigenvalue weighted by Gasteiger charge is 2.18. The van der Waals surface area contributed by atoms with E-state index in [0.29, 0.717) is 5.56 Å². The third-order valence-electron chi connectivity index (χ3n) is 4.04. The van der Waals surface area contributed by atoms with Crippen LogP contribution in [0.3, 0.4) is 0 Å². The molecule has 0 aliphatic heterocycles. The fourth-order valence-electron chi connectivity index (χ4n) is 3.10. The Hall–Kier alpha value is -2.76. The lowest BCUT2D eigenvalue weighted by atomic mass is 10.0. The second-order valence-corrected chi connectivity index (χ2v) is 5.53. The zero-order chi connectivity index (χ0) is 15.4. The van der Waals surface area contributed by atoms with Crippen LogP contribution in [0, 0.1) is 6.92 Å². The van der Waals surface area contributed by atoms with E-state index in [1.807, 2.05) is 27.9 Å². The zero-order valence-electron chi connectivity index (χ0n) is 12.7. The van der Waals surface area contributed by atoms with Crippen molar-refractivity contribution in [3.63, 3.8) is 0 Å². The maximum absolute atomic E-state index is 12.1. The Morgan fingerprint density at radius 2 is 2.05 bits per heavy atom. The summed E-state index contributed by atoms with van der Waals surface area (Å²) < 4.78 is 3.91. The van der Waals surface area contributed by atoms with Crippen molar-refractivity contribution in [2.45, 2.75) is 27.2 Å². The van der Waals surface area contributed by atoms with Crippen molar-refractivity contribution < 1.29 is 4.79 Å². The lowest BCUT2D eigenvalue weighted by molar-refractivity contribution is 0.101. The maximum Gasteiger partial charge on any atom is 0.171 e. The Labute approximate surface area is 126 Å². The number of Topliss-reactive ketones (excluding diaryl/α,β-unsaturated/α-hetero) is 1. The molecular weight excluding hydrogens is 278 g/mol. The monoisotopic (exact) mass is 293 g/mol. The number of hydrogen-bond acceptors (Lipinski definition) is 4. The van der Waals surface area contributed by atoms with Crippen LogP contribution < -0.4 is 0 Å². The Morgan fingerprint density at radius 3 is 2.77 bits per heavy atom. The van der Waals surface area contributed by atoms with E-state index < -0.39 is 0 Å². The van der Waals surface area contributed by atoms with Gasteiger partial charge in [-0.05, 0) is 38.0 Å². The van der Waals surface area contributed by atoms with Crippen molar-refractivity contribution in [1.82, 2.24) is 24.0 Å². The number of carbonyl (C=O) groups is 1. The number of aryl methyl sites for hydroxylation is 2. The van der Waals surface area contributed by atoms with Crippen LogP contribution in [-0.2, 0) is 6.42 Å². The second kappa shape index (κ2) is 4.37. The Bertz CT molecular complexity index is 1060. The number of rotatable bonds is 2. The van der Waals surface area contributed by atoms with Crippen LogP contribution in [0.5, 0.6) is 0 Å². The highest BCUT2D eigenvalue weighted by molar-refractivity contribution is 6.09. The third kappa shape index (κ3) is 1.55. The topological polar surface area (TPSA) is 64.6 Å². The van der Waals surface area contributed by atoms with Gasteiger partial charge in [-0.2, -0.15) is 0 Å². The van der Waals surface area contributed by atoms with Gasteiger partial charge in [-0.3, -0.25) is 13.6 Å². The van der Waals surface area contributed by atoms with Gasteiger partial charge in [0.2, 0.25) is 0 Å². The highest BCUT2D eigenvalue weighted by Crippen LogP contribution is 2.28. The largest absolute Gasteiger partial charge is 0.294 e. The van der Waals surface area contributed by atoms with Gasteiger partial charge in [0.05, 0.1) is 11.2 Å². The lowest BCUT2D eigenvalue weighted by Crippen LogP contribution is -2.04. The van der Waals surface area contributed by atoms with Crippen LogP contribution in [0.4, 0.5) is 0 Å². The van der Waals surface area contributed by atoms with Crippen molar-refractivity contribution in [1.29, 1.82) is 0 Å². The van der Waals surface area contributed by atoms with Gasteiger partial charge in [-0.1, -0.05) is 6.92 Å². The van der Waals surface area contributed by atoms with Gasteiger partial charge in [-0.15, -0.1) is 10.2 Å². The molecule has 0 saturated heterocycles. The molecule has 0 atom stereocenters. The Morgan fingerprint density at radius 1 is 1.23 bits per heavy atom. The second-order valence-electron chi connectivity index (χ2n) is 5.53. The molecule has 0 spiro atoms. The van der Waals surface area contributed by atoms with Crippen molar-refractivity contribution in [3.05, 3.63) is 41.6 Å². The molecule has 3 aromatic heterocycles. The molecule has 0 radical (unpaired) electrons. The van der Waals surface area contributed by atoms with E-state index in [4.69, 9.17) is 0 Å². The molecule has 110 valence electrons. The Kier molecular flexibility index (Phi) is 2.57. The molecule has 0 amide bonds. The van der Waals surface area contributed by atoms with Gasteiger partial charge in [-0.25, -0.2) is 4.98 Å². The molecule has 4 aromatic rings. The summed E-state index contributed by atoms with van der Waals surface area (Å²) in [4.78, 5) is 16.6. The first-order valence-electron chi connectivity index (χ1n) is 7.24. The fraction of sp³-hybridized carbons (Fsp3) is 0.250. The summed E-state index contributed by atoms with van der Waals surface area (Å²) in [6, 6.07) is 3.96. The van der Waals surface area contributed by atoms with E-state index in [1.54, 1.807) is 19.6 Å². The van der Waals surface area contributed by atoms with E-state index in [9.17, 15) is 4.79 Å². The summed E-state index contributed by atoms with van der Waals surface area (Å²) in [5.74, 6) is 0.0330. The van der Waals surface area contributed by atoms with Gasteiger partial charge in [0.25, 0.3) is 0 Å². The van der Waals surface area contributed by atoms with Crippen molar-refractivity contribution in [3.8, 4) is 0 Å². The quantitative estimate of drug-likeness (QED) is 0.533. The van der Waals surface area contributed by atoms with Crippen molar-refractivity contribution in [2.75, 3.05) is 0 Å². The zero-order valence-corrected chi connectivity index (χ0v) is 12.7. The molecule has 0 N–H and O–H groups in total. The average Bonchev–Trinajstić information content (AvgIpc) is 3.12. The first-order chi connectivity index (χ1) is 10.6.